The van der Waals surface area contributed by atoms with E-state index in [1.54, 1.807) is 24.3 Å². The minimum Gasteiger partial charge on any atom is -0.390 e. The lowest BCUT2D eigenvalue weighted by Crippen LogP contribution is -2.40. The van der Waals surface area contributed by atoms with Crippen LogP contribution in [-0.2, 0) is 14.8 Å². The molecule has 0 aliphatic carbocycles. The lowest BCUT2D eigenvalue weighted by Gasteiger charge is -2.26. The average Bonchev–Trinajstić information content (AvgIpc) is 2.53. The number of nitrogens with zero attached hydrogens (tertiary/aromatic N) is 1. The van der Waals surface area contributed by atoms with Crippen LogP contribution in [-0.4, -0.2) is 62.7 Å². The molecule has 0 radical (unpaired) electrons. The third kappa shape index (κ3) is 4.31. The molecule has 1 unspecified atom stereocenters. The van der Waals surface area contributed by atoms with E-state index in [0.29, 0.717) is 32.8 Å². The van der Waals surface area contributed by atoms with Crippen molar-refractivity contribution < 1.29 is 18.3 Å². The summed E-state index contributed by atoms with van der Waals surface area (Å²) in [5, 5.41) is 12.4. The molecule has 21 heavy (non-hydrogen) atoms. The molecular formula is C13H19ClN2O4S. The van der Waals surface area contributed by atoms with E-state index in [1.807, 2.05) is 0 Å². The van der Waals surface area contributed by atoms with Gasteiger partial charge in [0.05, 0.1) is 30.1 Å². The molecule has 1 fully saturated rings. The van der Waals surface area contributed by atoms with Gasteiger partial charge in [0, 0.05) is 25.3 Å². The molecule has 1 heterocycles. The van der Waals surface area contributed by atoms with Gasteiger partial charge < -0.3 is 15.2 Å². The quantitative estimate of drug-likeness (QED) is 0.749. The molecule has 1 aromatic rings. The number of aliphatic hydroxyl groups is 1. The first kappa shape index (κ1) is 16.5. The second kappa shape index (κ2) is 7.42. The Hall–Kier alpha value is -0.860. The van der Waals surface area contributed by atoms with Crippen LogP contribution in [0.2, 0.25) is 0 Å². The van der Waals surface area contributed by atoms with Crippen molar-refractivity contribution in [2.75, 3.05) is 44.0 Å². The van der Waals surface area contributed by atoms with Crippen molar-refractivity contribution in [3.05, 3.63) is 24.3 Å². The van der Waals surface area contributed by atoms with E-state index in [2.05, 4.69) is 5.32 Å². The average molecular weight is 335 g/mol. The Morgan fingerprint density at radius 2 is 1.90 bits per heavy atom. The lowest BCUT2D eigenvalue weighted by atomic mass is 10.3. The zero-order valence-corrected chi connectivity index (χ0v) is 13.1. The van der Waals surface area contributed by atoms with E-state index in [-0.39, 0.29) is 10.8 Å². The SMILES string of the molecule is O=S(=O)(c1ccc(NCC(O)CCl)cc1)N1CCOCC1. The first-order valence-corrected chi connectivity index (χ1v) is 8.67. The standard InChI is InChI=1S/C13H19ClN2O4S/c14-9-12(17)10-15-11-1-3-13(4-2-11)21(18,19)16-5-7-20-8-6-16/h1-4,12,15,17H,5-10H2. The number of rotatable bonds is 6. The van der Waals surface area contributed by atoms with Crippen LogP contribution in [0, 0.1) is 0 Å². The maximum absolute atomic E-state index is 12.4. The molecule has 8 heteroatoms. The van der Waals surface area contributed by atoms with Crippen molar-refractivity contribution in [3.8, 4) is 0 Å². The monoisotopic (exact) mass is 334 g/mol. The van der Waals surface area contributed by atoms with Crippen molar-refractivity contribution in [1.82, 2.24) is 4.31 Å². The summed E-state index contributed by atoms with van der Waals surface area (Å²) >= 11 is 5.50. The number of benzene rings is 1. The lowest BCUT2D eigenvalue weighted by molar-refractivity contribution is 0.0730. The first-order chi connectivity index (χ1) is 10.0. The molecule has 1 saturated heterocycles. The van der Waals surface area contributed by atoms with Crippen molar-refractivity contribution in [1.29, 1.82) is 0 Å². The summed E-state index contributed by atoms with van der Waals surface area (Å²) in [5.41, 5.74) is 0.736. The van der Waals surface area contributed by atoms with E-state index < -0.39 is 16.1 Å². The van der Waals surface area contributed by atoms with Gasteiger partial charge in [0.25, 0.3) is 0 Å². The summed E-state index contributed by atoms with van der Waals surface area (Å²) in [6.07, 6.45) is -0.636. The Balaban J connectivity index is 2.03. The number of nitrogens with one attached hydrogen (secondary N) is 1. The Kier molecular flexibility index (Phi) is 5.83. The summed E-state index contributed by atoms with van der Waals surface area (Å²) in [6, 6.07) is 6.46. The van der Waals surface area contributed by atoms with Gasteiger partial charge in [-0.2, -0.15) is 4.31 Å². The van der Waals surface area contributed by atoms with Gasteiger partial charge in [-0.25, -0.2) is 8.42 Å². The molecule has 1 aliphatic rings. The van der Waals surface area contributed by atoms with Gasteiger partial charge in [0.15, 0.2) is 0 Å². The fraction of sp³-hybridized carbons (Fsp3) is 0.538. The maximum atomic E-state index is 12.4. The van der Waals surface area contributed by atoms with E-state index in [4.69, 9.17) is 16.3 Å². The number of sulfonamides is 1. The minimum absolute atomic E-state index is 0.149. The maximum Gasteiger partial charge on any atom is 0.243 e. The molecule has 1 aromatic carbocycles. The van der Waals surface area contributed by atoms with Gasteiger partial charge in [-0.3, -0.25) is 0 Å². The molecule has 6 nitrogen and oxygen atoms in total. The third-order valence-electron chi connectivity index (χ3n) is 3.18. The molecule has 0 bridgehead atoms. The number of anilines is 1. The second-order valence-electron chi connectivity index (χ2n) is 4.73. The van der Waals surface area contributed by atoms with Gasteiger partial charge in [0.2, 0.25) is 10.0 Å². The highest BCUT2D eigenvalue weighted by Gasteiger charge is 2.25. The summed E-state index contributed by atoms with van der Waals surface area (Å²) in [4.78, 5) is 0.257. The van der Waals surface area contributed by atoms with E-state index in [9.17, 15) is 13.5 Å². The number of aliphatic hydroxyl groups excluding tert-OH is 1. The van der Waals surface area contributed by atoms with Gasteiger partial charge >= 0.3 is 0 Å². The van der Waals surface area contributed by atoms with Crippen molar-refractivity contribution >= 4 is 27.3 Å². The van der Waals surface area contributed by atoms with Gasteiger partial charge in [0.1, 0.15) is 0 Å². The summed E-state index contributed by atoms with van der Waals surface area (Å²) in [5.74, 6) is 0.149. The van der Waals surface area contributed by atoms with E-state index in [1.165, 1.54) is 4.31 Å². The van der Waals surface area contributed by atoms with Gasteiger partial charge in [-0.05, 0) is 24.3 Å². The normalized spacial score (nSPS) is 18.4. The molecule has 118 valence electrons. The Bertz CT molecular complexity index is 544. The highest BCUT2D eigenvalue weighted by Crippen LogP contribution is 2.19. The number of hydrogen-bond donors (Lipinski definition) is 2. The molecule has 0 amide bonds. The highest BCUT2D eigenvalue weighted by atomic mass is 35.5. The summed E-state index contributed by atoms with van der Waals surface area (Å²) in [6.45, 7) is 1.93. The Morgan fingerprint density at radius 3 is 2.48 bits per heavy atom. The molecular weight excluding hydrogens is 316 g/mol. The topological polar surface area (TPSA) is 78.9 Å². The highest BCUT2D eigenvalue weighted by molar-refractivity contribution is 7.89. The number of ether oxygens (including phenoxy) is 1. The first-order valence-electron chi connectivity index (χ1n) is 6.70. The van der Waals surface area contributed by atoms with Crippen LogP contribution < -0.4 is 5.32 Å². The smallest absolute Gasteiger partial charge is 0.243 e. The Labute approximate surface area is 129 Å². The predicted octanol–water partition coefficient (Wildman–Crippen LogP) is 0.719. The van der Waals surface area contributed by atoms with Crippen LogP contribution in [0.5, 0.6) is 0 Å². The largest absolute Gasteiger partial charge is 0.390 e. The number of hydrogen-bond acceptors (Lipinski definition) is 5. The number of morpholine rings is 1. The zero-order chi connectivity index (χ0) is 15.3. The van der Waals surface area contributed by atoms with Crippen molar-refractivity contribution in [2.24, 2.45) is 0 Å². The molecule has 1 atom stereocenters. The summed E-state index contributed by atoms with van der Waals surface area (Å²) < 4.78 is 31.4. The van der Waals surface area contributed by atoms with Crippen LogP contribution in [0.1, 0.15) is 0 Å². The van der Waals surface area contributed by atoms with Crippen LogP contribution in [0.25, 0.3) is 0 Å². The molecule has 2 N–H and O–H groups in total. The van der Waals surface area contributed by atoms with Crippen LogP contribution in [0.3, 0.4) is 0 Å². The van der Waals surface area contributed by atoms with Crippen molar-refractivity contribution in [2.45, 2.75) is 11.0 Å². The van der Waals surface area contributed by atoms with E-state index in [0.717, 1.165) is 5.69 Å². The number of alkyl halides is 1. The molecule has 1 aliphatic heterocycles. The van der Waals surface area contributed by atoms with Gasteiger partial charge in [-0.1, -0.05) is 0 Å². The molecule has 0 spiro atoms. The predicted molar refractivity (Wildman–Crippen MR) is 81.2 cm³/mol. The third-order valence-corrected chi connectivity index (χ3v) is 5.45. The fourth-order valence-corrected chi connectivity index (χ4v) is 3.49. The minimum atomic E-state index is -3.46. The fourth-order valence-electron chi connectivity index (χ4n) is 1.97. The van der Waals surface area contributed by atoms with Crippen LogP contribution >= 0.6 is 11.6 Å². The second-order valence-corrected chi connectivity index (χ2v) is 6.98. The van der Waals surface area contributed by atoms with E-state index >= 15 is 0 Å². The zero-order valence-electron chi connectivity index (χ0n) is 11.5. The molecule has 0 aromatic heterocycles. The molecule has 2 rings (SSSR count). The van der Waals surface area contributed by atoms with Crippen LogP contribution in [0.4, 0.5) is 5.69 Å². The van der Waals surface area contributed by atoms with Crippen LogP contribution in [0.15, 0.2) is 29.2 Å². The summed E-state index contributed by atoms with van der Waals surface area (Å²) in [7, 11) is -3.46. The Morgan fingerprint density at radius 1 is 1.29 bits per heavy atom. The molecule has 0 saturated carbocycles. The number of halogens is 1. The van der Waals surface area contributed by atoms with Gasteiger partial charge in [-0.15, -0.1) is 11.6 Å². The van der Waals surface area contributed by atoms with Crippen molar-refractivity contribution in [3.63, 3.8) is 0 Å².